The SMILES string of the molecule is C[C@H](CNC(=O)Cn1cccc1-c1nc(-c2ccccc2)cs1)c1ccccc1. The molecule has 1 amide bonds. The molecule has 1 N–H and O–H groups in total. The molecular weight excluding hydrogens is 378 g/mol. The number of nitrogens with one attached hydrogen (secondary N) is 1. The third kappa shape index (κ3) is 4.63. The van der Waals surface area contributed by atoms with Gasteiger partial charge in [0.2, 0.25) is 5.91 Å². The number of rotatable bonds is 7. The van der Waals surface area contributed by atoms with Gasteiger partial charge >= 0.3 is 0 Å². The smallest absolute Gasteiger partial charge is 0.239 e. The van der Waals surface area contributed by atoms with Gasteiger partial charge in [-0.3, -0.25) is 4.79 Å². The van der Waals surface area contributed by atoms with Crippen LogP contribution in [-0.2, 0) is 11.3 Å². The average molecular weight is 402 g/mol. The number of hydrogen-bond donors (Lipinski definition) is 1. The summed E-state index contributed by atoms with van der Waals surface area (Å²) >= 11 is 1.60. The summed E-state index contributed by atoms with van der Waals surface area (Å²) in [4.78, 5) is 17.3. The quantitative estimate of drug-likeness (QED) is 0.463. The van der Waals surface area contributed by atoms with E-state index in [1.165, 1.54) is 5.56 Å². The van der Waals surface area contributed by atoms with Crippen molar-refractivity contribution < 1.29 is 4.79 Å². The van der Waals surface area contributed by atoms with Gasteiger partial charge in [0.25, 0.3) is 0 Å². The number of amides is 1. The summed E-state index contributed by atoms with van der Waals surface area (Å²) in [7, 11) is 0. The number of nitrogens with zero attached hydrogens (tertiary/aromatic N) is 2. The van der Waals surface area contributed by atoms with Crippen LogP contribution in [0.5, 0.6) is 0 Å². The molecule has 146 valence electrons. The maximum absolute atomic E-state index is 12.5. The maximum atomic E-state index is 12.5. The largest absolute Gasteiger partial charge is 0.354 e. The molecule has 0 unspecified atom stereocenters. The van der Waals surface area contributed by atoms with Crippen LogP contribution in [0.4, 0.5) is 0 Å². The van der Waals surface area contributed by atoms with Crippen LogP contribution in [0.3, 0.4) is 0 Å². The highest BCUT2D eigenvalue weighted by Crippen LogP contribution is 2.29. The van der Waals surface area contributed by atoms with E-state index in [4.69, 9.17) is 4.98 Å². The second-order valence-electron chi connectivity index (χ2n) is 7.04. The Bertz CT molecular complexity index is 1070. The van der Waals surface area contributed by atoms with Crippen molar-refractivity contribution in [3.05, 3.63) is 89.9 Å². The highest BCUT2D eigenvalue weighted by molar-refractivity contribution is 7.13. The van der Waals surface area contributed by atoms with E-state index >= 15 is 0 Å². The minimum absolute atomic E-state index is 0.00469. The molecule has 29 heavy (non-hydrogen) atoms. The van der Waals surface area contributed by atoms with Crippen molar-refractivity contribution in [1.82, 2.24) is 14.9 Å². The van der Waals surface area contributed by atoms with Crippen molar-refractivity contribution in [1.29, 1.82) is 0 Å². The summed E-state index contributed by atoms with van der Waals surface area (Å²) in [5.74, 6) is 0.279. The first-order valence-corrected chi connectivity index (χ1v) is 10.6. The van der Waals surface area contributed by atoms with Crippen molar-refractivity contribution in [3.8, 4) is 22.0 Å². The summed E-state index contributed by atoms with van der Waals surface area (Å²) in [5, 5.41) is 6.03. The fraction of sp³-hybridized carbons (Fsp3) is 0.167. The molecule has 4 nitrogen and oxygen atoms in total. The first kappa shape index (κ1) is 19.2. The van der Waals surface area contributed by atoms with E-state index in [1.807, 2.05) is 59.3 Å². The molecule has 0 saturated heterocycles. The molecule has 0 fully saturated rings. The fourth-order valence-corrected chi connectivity index (χ4v) is 4.13. The van der Waals surface area contributed by atoms with E-state index in [0.29, 0.717) is 6.54 Å². The molecule has 0 aliphatic heterocycles. The second-order valence-corrected chi connectivity index (χ2v) is 7.90. The maximum Gasteiger partial charge on any atom is 0.239 e. The van der Waals surface area contributed by atoms with E-state index in [-0.39, 0.29) is 18.4 Å². The predicted octanol–water partition coefficient (Wildman–Crippen LogP) is 5.20. The van der Waals surface area contributed by atoms with E-state index in [9.17, 15) is 4.79 Å². The van der Waals surface area contributed by atoms with E-state index in [2.05, 4.69) is 41.9 Å². The first-order valence-electron chi connectivity index (χ1n) is 9.69. The molecule has 4 rings (SSSR count). The van der Waals surface area contributed by atoms with Gasteiger partial charge in [0, 0.05) is 23.7 Å². The van der Waals surface area contributed by atoms with Crippen LogP contribution in [0, 0.1) is 0 Å². The van der Waals surface area contributed by atoms with Crippen LogP contribution in [0.15, 0.2) is 84.4 Å². The molecule has 0 spiro atoms. The zero-order valence-electron chi connectivity index (χ0n) is 16.3. The topological polar surface area (TPSA) is 46.9 Å². The summed E-state index contributed by atoms with van der Waals surface area (Å²) in [6, 6.07) is 24.3. The summed E-state index contributed by atoms with van der Waals surface area (Å²) in [6.07, 6.45) is 1.93. The molecule has 2 heterocycles. The Hall–Kier alpha value is -3.18. The van der Waals surface area contributed by atoms with Crippen LogP contribution >= 0.6 is 11.3 Å². The highest BCUT2D eigenvalue weighted by Gasteiger charge is 2.13. The summed E-state index contributed by atoms with van der Waals surface area (Å²) in [5.41, 5.74) is 4.24. The van der Waals surface area contributed by atoms with Gasteiger partial charge in [-0.2, -0.15) is 0 Å². The summed E-state index contributed by atoms with van der Waals surface area (Å²) < 4.78 is 1.95. The molecular formula is C24H23N3OS. The Labute approximate surface area is 174 Å². The Balaban J connectivity index is 1.41. The molecule has 2 aromatic carbocycles. The number of hydrogen-bond acceptors (Lipinski definition) is 3. The van der Waals surface area contributed by atoms with E-state index in [1.54, 1.807) is 11.3 Å². The third-order valence-electron chi connectivity index (χ3n) is 4.91. The lowest BCUT2D eigenvalue weighted by Crippen LogP contribution is -2.30. The minimum atomic E-state index is 0.00469. The predicted molar refractivity (Wildman–Crippen MR) is 119 cm³/mol. The standard InChI is InChI=1S/C24H23N3OS/c1-18(19-9-4-2-5-10-19)15-25-23(28)16-27-14-8-13-22(27)24-26-21(17-29-24)20-11-6-3-7-12-20/h2-14,17-18H,15-16H2,1H3,(H,25,28)/t18-/m1/s1. The van der Waals surface area contributed by atoms with Crippen molar-refractivity contribution >= 4 is 17.2 Å². The zero-order valence-corrected chi connectivity index (χ0v) is 17.1. The molecule has 0 aliphatic rings. The third-order valence-corrected chi connectivity index (χ3v) is 5.78. The van der Waals surface area contributed by atoms with Crippen LogP contribution < -0.4 is 5.32 Å². The normalized spacial score (nSPS) is 11.9. The molecule has 0 radical (unpaired) electrons. The Kier molecular flexibility index (Phi) is 5.86. The van der Waals surface area contributed by atoms with Gasteiger partial charge in [-0.05, 0) is 23.6 Å². The highest BCUT2D eigenvalue weighted by atomic mass is 32.1. The Morgan fingerprint density at radius 1 is 1.03 bits per heavy atom. The lowest BCUT2D eigenvalue weighted by Gasteiger charge is -2.14. The molecule has 4 aromatic rings. The lowest BCUT2D eigenvalue weighted by molar-refractivity contribution is -0.121. The summed E-state index contributed by atoms with van der Waals surface area (Å²) in [6.45, 7) is 3.02. The van der Waals surface area contributed by atoms with Gasteiger partial charge in [0.1, 0.15) is 11.6 Å². The average Bonchev–Trinajstić information content (AvgIpc) is 3.43. The Morgan fingerprint density at radius 2 is 1.76 bits per heavy atom. The van der Waals surface area contributed by atoms with E-state index in [0.717, 1.165) is 22.0 Å². The van der Waals surface area contributed by atoms with E-state index < -0.39 is 0 Å². The zero-order chi connectivity index (χ0) is 20.1. The van der Waals surface area contributed by atoms with Gasteiger partial charge in [0.05, 0.1) is 11.4 Å². The van der Waals surface area contributed by atoms with Crippen LogP contribution in [0.2, 0.25) is 0 Å². The number of thiazole rings is 1. The second kappa shape index (κ2) is 8.88. The first-order chi connectivity index (χ1) is 14.2. The molecule has 5 heteroatoms. The fourth-order valence-electron chi connectivity index (χ4n) is 3.26. The van der Waals surface area contributed by atoms with Gasteiger partial charge in [-0.15, -0.1) is 11.3 Å². The number of carbonyl (C=O) groups excluding carboxylic acids is 1. The van der Waals surface area contributed by atoms with Gasteiger partial charge in [-0.25, -0.2) is 4.98 Å². The van der Waals surface area contributed by atoms with Crippen molar-refractivity contribution in [2.75, 3.05) is 6.54 Å². The number of aromatic nitrogens is 2. The molecule has 1 atom stereocenters. The Morgan fingerprint density at radius 3 is 2.52 bits per heavy atom. The van der Waals surface area contributed by atoms with Crippen LogP contribution in [0.25, 0.3) is 22.0 Å². The van der Waals surface area contributed by atoms with Crippen molar-refractivity contribution in [2.24, 2.45) is 0 Å². The van der Waals surface area contributed by atoms with Gasteiger partial charge in [-0.1, -0.05) is 67.6 Å². The number of carbonyl (C=O) groups is 1. The minimum Gasteiger partial charge on any atom is -0.354 e. The van der Waals surface area contributed by atoms with Crippen LogP contribution in [0.1, 0.15) is 18.4 Å². The van der Waals surface area contributed by atoms with Gasteiger partial charge in [0.15, 0.2) is 0 Å². The van der Waals surface area contributed by atoms with Crippen LogP contribution in [-0.4, -0.2) is 22.0 Å². The lowest BCUT2D eigenvalue weighted by atomic mass is 10.0. The monoisotopic (exact) mass is 401 g/mol. The molecule has 0 bridgehead atoms. The molecule has 0 aliphatic carbocycles. The molecule has 0 saturated carbocycles. The van der Waals surface area contributed by atoms with Gasteiger partial charge < -0.3 is 9.88 Å². The number of benzene rings is 2. The van der Waals surface area contributed by atoms with Crippen molar-refractivity contribution in [3.63, 3.8) is 0 Å². The molecule has 2 aromatic heterocycles. The van der Waals surface area contributed by atoms with Crippen molar-refractivity contribution in [2.45, 2.75) is 19.4 Å².